The van der Waals surface area contributed by atoms with Gasteiger partial charge >= 0.3 is 0 Å². The normalized spacial score (nSPS) is 14.4. The second-order valence-electron chi connectivity index (χ2n) is 7.90. The third-order valence-electron chi connectivity index (χ3n) is 5.56. The number of fused-ring (bicyclic) bond motifs is 1. The Labute approximate surface area is 188 Å². The number of carbonyl (C=O) groups excluding carboxylic acids is 2. The van der Waals surface area contributed by atoms with Gasteiger partial charge in [-0.05, 0) is 37.1 Å². The zero-order valence-corrected chi connectivity index (χ0v) is 18.1. The second-order valence-corrected chi connectivity index (χ2v) is 7.90. The molecule has 2 heterocycles. The molecule has 0 aliphatic carbocycles. The SMILES string of the molecule is CCNC(=O)[C@@](C)(O)c1ccc(Cc2nc(-c3c(F)cccc3F)nc3c2C(=O)NC3)cc1. The van der Waals surface area contributed by atoms with Crippen LogP contribution in [0.1, 0.15) is 46.7 Å². The maximum absolute atomic E-state index is 14.3. The van der Waals surface area contributed by atoms with Crippen LogP contribution in [0.5, 0.6) is 0 Å². The summed E-state index contributed by atoms with van der Waals surface area (Å²) in [4.78, 5) is 33.1. The number of benzene rings is 2. The molecule has 1 aliphatic heterocycles. The first-order chi connectivity index (χ1) is 15.7. The lowest BCUT2D eigenvalue weighted by Crippen LogP contribution is -2.42. The van der Waals surface area contributed by atoms with Crippen molar-refractivity contribution < 1.29 is 23.5 Å². The van der Waals surface area contributed by atoms with Crippen LogP contribution in [0, 0.1) is 11.6 Å². The first-order valence-corrected chi connectivity index (χ1v) is 10.4. The molecule has 2 amide bonds. The fourth-order valence-electron chi connectivity index (χ4n) is 3.76. The smallest absolute Gasteiger partial charge is 0.256 e. The summed E-state index contributed by atoms with van der Waals surface area (Å²) >= 11 is 0. The van der Waals surface area contributed by atoms with Crippen LogP contribution in [0.4, 0.5) is 8.78 Å². The number of carbonyl (C=O) groups is 2. The van der Waals surface area contributed by atoms with Crippen LogP contribution < -0.4 is 10.6 Å². The van der Waals surface area contributed by atoms with Gasteiger partial charge in [0.05, 0.1) is 29.1 Å². The first-order valence-electron chi connectivity index (χ1n) is 10.4. The summed E-state index contributed by atoms with van der Waals surface area (Å²) in [7, 11) is 0. The summed E-state index contributed by atoms with van der Waals surface area (Å²) in [5.41, 5.74) is 0.0561. The number of hydrogen-bond acceptors (Lipinski definition) is 5. The molecule has 0 spiro atoms. The number of rotatable bonds is 6. The maximum atomic E-state index is 14.3. The van der Waals surface area contributed by atoms with E-state index >= 15 is 0 Å². The predicted octanol–water partition coefficient (Wildman–Crippen LogP) is 2.60. The molecule has 0 unspecified atom stereocenters. The summed E-state index contributed by atoms with van der Waals surface area (Å²) in [6.45, 7) is 3.69. The third-order valence-corrected chi connectivity index (χ3v) is 5.56. The second kappa shape index (κ2) is 8.67. The summed E-state index contributed by atoms with van der Waals surface area (Å²) in [6.07, 6.45) is 0.185. The highest BCUT2D eigenvalue weighted by molar-refractivity contribution is 5.99. The van der Waals surface area contributed by atoms with Crippen molar-refractivity contribution in [2.24, 2.45) is 0 Å². The number of aromatic nitrogens is 2. The molecule has 3 N–H and O–H groups in total. The summed E-state index contributed by atoms with van der Waals surface area (Å²) in [6, 6.07) is 10.1. The minimum Gasteiger partial charge on any atom is -0.376 e. The van der Waals surface area contributed by atoms with Crippen LogP contribution in [0.25, 0.3) is 11.4 Å². The van der Waals surface area contributed by atoms with Gasteiger partial charge in [0.15, 0.2) is 11.4 Å². The van der Waals surface area contributed by atoms with Gasteiger partial charge in [-0.1, -0.05) is 30.3 Å². The molecule has 0 saturated heterocycles. The van der Waals surface area contributed by atoms with Gasteiger partial charge in [-0.3, -0.25) is 9.59 Å². The van der Waals surface area contributed by atoms with E-state index < -0.39 is 23.1 Å². The Hall–Kier alpha value is -3.72. The highest BCUT2D eigenvalue weighted by Crippen LogP contribution is 2.28. The Kier molecular flexibility index (Phi) is 5.90. The molecule has 1 atom stereocenters. The number of nitrogens with zero attached hydrogens (tertiary/aromatic N) is 2. The lowest BCUT2D eigenvalue weighted by Gasteiger charge is -2.22. The van der Waals surface area contributed by atoms with Crippen LogP contribution in [0.15, 0.2) is 42.5 Å². The van der Waals surface area contributed by atoms with E-state index in [2.05, 4.69) is 20.6 Å². The minimum absolute atomic E-state index is 0.133. The molecule has 2 aromatic carbocycles. The average molecular weight is 452 g/mol. The van der Waals surface area contributed by atoms with Gasteiger partial charge in [-0.25, -0.2) is 18.7 Å². The largest absolute Gasteiger partial charge is 0.376 e. The van der Waals surface area contributed by atoms with Crippen molar-refractivity contribution >= 4 is 11.8 Å². The van der Waals surface area contributed by atoms with E-state index in [0.717, 1.165) is 17.7 Å². The number of hydrogen-bond donors (Lipinski definition) is 3. The Morgan fingerprint density at radius 1 is 1.12 bits per heavy atom. The first kappa shape index (κ1) is 22.5. The topological polar surface area (TPSA) is 104 Å². The predicted molar refractivity (Wildman–Crippen MR) is 116 cm³/mol. The minimum atomic E-state index is -1.71. The van der Waals surface area contributed by atoms with Crippen molar-refractivity contribution in [1.29, 1.82) is 0 Å². The van der Waals surface area contributed by atoms with Gasteiger partial charge in [0.25, 0.3) is 11.8 Å². The van der Waals surface area contributed by atoms with E-state index in [0.29, 0.717) is 23.5 Å². The summed E-state index contributed by atoms with van der Waals surface area (Å²) < 4.78 is 28.7. The van der Waals surface area contributed by atoms with E-state index in [4.69, 9.17) is 0 Å². The molecule has 0 radical (unpaired) electrons. The highest BCUT2D eigenvalue weighted by Gasteiger charge is 2.32. The van der Waals surface area contributed by atoms with Gasteiger partial charge in [0, 0.05) is 13.0 Å². The quantitative estimate of drug-likeness (QED) is 0.533. The number of halogens is 2. The van der Waals surface area contributed by atoms with Crippen LogP contribution in [0.3, 0.4) is 0 Å². The fraction of sp³-hybridized carbons (Fsp3) is 0.250. The zero-order valence-electron chi connectivity index (χ0n) is 18.1. The Bertz CT molecular complexity index is 1220. The van der Waals surface area contributed by atoms with Crippen molar-refractivity contribution in [2.75, 3.05) is 6.54 Å². The van der Waals surface area contributed by atoms with E-state index in [-0.39, 0.29) is 35.8 Å². The highest BCUT2D eigenvalue weighted by atomic mass is 19.1. The molecule has 170 valence electrons. The molecular weight excluding hydrogens is 430 g/mol. The van der Waals surface area contributed by atoms with Crippen LogP contribution in [-0.4, -0.2) is 33.4 Å². The molecule has 0 saturated carbocycles. The number of amides is 2. The molecule has 9 heteroatoms. The summed E-state index contributed by atoms with van der Waals surface area (Å²) in [5.74, 6) is -2.59. The fourth-order valence-corrected chi connectivity index (χ4v) is 3.76. The van der Waals surface area contributed by atoms with Gasteiger partial charge in [0.1, 0.15) is 11.6 Å². The van der Waals surface area contributed by atoms with Crippen molar-refractivity contribution in [3.8, 4) is 11.4 Å². The van der Waals surface area contributed by atoms with Gasteiger partial charge in [0.2, 0.25) is 0 Å². The molecule has 33 heavy (non-hydrogen) atoms. The van der Waals surface area contributed by atoms with Crippen LogP contribution in [0.2, 0.25) is 0 Å². The molecule has 3 aromatic rings. The lowest BCUT2D eigenvalue weighted by molar-refractivity contribution is -0.138. The molecule has 7 nitrogen and oxygen atoms in total. The Morgan fingerprint density at radius 2 is 1.79 bits per heavy atom. The van der Waals surface area contributed by atoms with Gasteiger partial charge in [-0.15, -0.1) is 0 Å². The monoisotopic (exact) mass is 452 g/mol. The van der Waals surface area contributed by atoms with E-state index in [1.54, 1.807) is 31.2 Å². The van der Waals surface area contributed by atoms with Crippen molar-refractivity contribution in [2.45, 2.75) is 32.4 Å². The van der Waals surface area contributed by atoms with Crippen LogP contribution >= 0.6 is 0 Å². The van der Waals surface area contributed by atoms with Crippen molar-refractivity contribution in [1.82, 2.24) is 20.6 Å². The lowest BCUT2D eigenvalue weighted by atomic mass is 9.93. The van der Waals surface area contributed by atoms with E-state index in [9.17, 15) is 23.5 Å². The molecule has 1 aromatic heterocycles. The number of likely N-dealkylation sites (N-methyl/N-ethyl adjacent to an activating group) is 1. The van der Waals surface area contributed by atoms with E-state index in [1.807, 2.05) is 0 Å². The number of aliphatic hydroxyl groups is 1. The van der Waals surface area contributed by atoms with E-state index in [1.165, 1.54) is 13.0 Å². The van der Waals surface area contributed by atoms with Gasteiger partial charge in [-0.2, -0.15) is 0 Å². The molecular formula is C24H22F2N4O3. The Balaban J connectivity index is 1.71. The van der Waals surface area contributed by atoms with Gasteiger partial charge < -0.3 is 15.7 Å². The molecule has 4 rings (SSSR count). The number of nitrogens with one attached hydrogen (secondary N) is 2. The molecule has 0 fully saturated rings. The molecule has 0 bridgehead atoms. The van der Waals surface area contributed by atoms with Crippen molar-refractivity contribution in [3.63, 3.8) is 0 Å². The maximum Gasteiger partial charge on any atom is 0.256 e. The summed E-state index contributed by atoms with van der Waals surface area (Å²) in [5, 5.41) is 15.8. The Morgan fingerprint density at radius 3 is 2.42 bits per heavy atom. The average Bonchev–Trinajstić information content (AvgIpc) is 3.15. The van der Waals surface area contributed by atoms with Crippen molar-refractivity contribution in [3.05, 3.63) is 82.2 Å². The standard InChI is InChI=1S/C24H22F2N4O3/c1-3-27-23(32)24(2,33)14-9-7-13(8-10-14)11-17-20-18(12-28-22(20)31)30-21(29-17)19-15(25)5-4-6-16(19)26/h4-10,33H,3,11-12H2,1-2H3,(H,27,32)(H,28,31)/t24-/m0/s1. The zero-order chi connectivity index (χ0) is 23.8. The molecule has 1 aliphatic rings. The third kappa shape index (κ3) is 4.19. The van der Waals surface area contributed by atoms with Crippen LogP contribution in [-0.2, 0) is 23.4 Å².